The zero-order valence-electron chi connectivity index (χ0n) is 16.3. The Morgan fingerprint density at radius 2 is 1.86 bits per heavy atom. The van der Waals surface area contributed by atoms with E-state index in [0.29, 0.717) is 12.1 Å². The average Bonchev–Trinajstić information content (AvgIpc) is 2.97. The van der Waals surface area contributed by atoms with Crippen molar-refractivity contribution in [3.8, 4) is 0 Å². The SMILES string of the molecule is Cc1cc(C(=O)C(C)n2cc(Br)ccc2=O)c(C)n1Cc1cccc(C(=O)O)c1. The van der Waals surface area contributed by atoms with Gasteiger partial charge in [0.1, 0.15) is 0 Å². The number of benzene rings is 1. The third-order valence-corrected chi connectivity index (χ3v) is 5.52. The van der Waals surface area contributed by atoms with E-state index in [2.05, 4.69) is 15.9 Å². The van der Waals surface area contributed by atoms with Crippen molar-refractivity contribution in [1.82, 2.24) is 9.13 Å². The maximum absolute atomic E-state index is 13.1. The molecule has 1 atom stereocenters. The topological polar surface area (TPSA) is 81.3 Å². The first-order chi connectivity index (χ1) is 13.7. The van der Waals surface area contributed by atoms with Crippen molar-refractivity contribution in [3.63, 3.8) is 0 Å². The molecule has 0 radical (unpaired) electrons. The van der Waals surface area contributed by atoms with Crippen LogP contribution in [0.3, 0.4) is 0 Å². The molecule has 3 aromatic rings. The smallest absolute Gasteiger partial charge is 0.335 e. The molecule has 29 heavy (non-hydrogen) atoms. The number of hydrogen-bond donors (Lipinski definition) is 1. The minimum absolute atomic E-state index is 0.149. The van der Waals surface area contributed by atoms with Crippen LogP contribution in [0.15, 0.2) is 57.9 Å². The number of ketones is 1. The van der Waals surface area contributed by atoms with E-state index < -0.39 is 12.0 Å². The Morgan fingerprint density at radius 3 is 2.55 bits per heavy atom. The molecule has 2 aromatic heterocycles. The van der Waals surface area contributed by atoms with Crippen LogP contribution in [0.1, 0.15) is 50.6 Å². The van der Waals surface area contributed by atoms with Crippen LogP contribution >= 0.6 is 15.9 Å². The average molecular weight is 457 g/mol. The van der Waals surface area contributed by atoms with Crippen LogP contribution in [0.25, 0.3) is 0 Å². The molecule has 0 aliphatic rings. The molecule has 0 aliphatic carbocycles. The summed E-state index contributed by atoms with van der Waals surface area (Å²) in [6.45, 7) is 5.92. The molecule has 2 heterocycles. The fraction of sp³-hybridized carbons (Fsp3) is 0.227. The van der Waals surface area contributed by atoms with Gasteiger partial charge < -0.3 is 14.2 Å². The van der Waals surface area contributed by atoms with Crippen LogP contribution in [0.2, 0.25) is 0 Å². The van der Waals surface area contributed by atoms with Crippen molar-refractivity contribution < 1.29 is 14.7 Å². The first-order valence-electron chi connectivity index (χ1n) is 9.10. The maximum atomic E-state index is 13.1. The standard InChI is InChI=1S/C22H21BrN2O4/c1-13-9-19(21(27)15(3)25-12-18(23)7-8-20(25)26)14(2)24(13)11-16-5-4-6-17(10-16)22(28)29/h4-10,12,15H,11H2,1-3H3,(H,28,29). The Labute approximate surface area is 176 Å². The minimum atomic E-state index is -0.975. The van der Waals surface area contributed by atoms with Crippen molar-refractivity contribution in [2.45, 2.75) is 33.4 Å². The monoisotopic (exact) mass is 456 g/mol. The van der Waals surface area contributed by atoms with Gasteiger partial charge in [-0.3, -0.25) is 9.59 Å². The Kier molecular flexibility index (Phi) is 5.88. The van der Waals surface area contributed by atoms with Crippen LogP contribution in [-0.2, 0) is 6.54 Å². The molecule has 0 saturated carbocycles. The predicted molar refractivity (Wildman–Crippen MR) is 114 cm³/mol. The van der Waals surface area contributed by atoms with E-state index >= 15 is 0 Å². The molecular formula is C22H21BrN2O4. The van der Waals surface area contributed by atoms with Crippen LogP contribution in [-0.4, -0.2) is 26.0 Å². The van der Waals surface area contributed by atoms with Crippen molar-refractivity contribution in [3.05, 3.63) is 91.6 Å². The number of hydrogen-bond acceptors (Lipinski definition) is 3. The second kappa shape index (κ2) is 8.21. The number of rotatable bonds is 6. The normalized spacial score (nSPS) is 12.0. The summed E-state index contributed by atoms with van der Waals surface area (Å²) in [5.74, 6) is -1.12. The Bertz CT molecular complexity index is 1160. The largest absolute Gasteiger partial charge is 0.478 e. The Hall–Kier alpha value is -2.93. The summed E-state index contributed by atoms with van der Waals surface area (Å²) in [5.41, 5.74) is 3.04. The molecule has 0 saturated heterocycles. The number of halogens is 1. The van der Waals surface area contributed by atoms with Gasteiger partial charge in [-0.1, -0.05) is 12.1 Å². The van der Waals surface area contributed by atoms with E-state index in [-0.39, 0.29) is 16.9 Å². The van der Waals surface area contributed by atoms with E-state index in [1.54, 1.807) is 37.4 Å². The number of carboxylic acid groups (broad SMARTS) is 1. The summed E-state index contributed by atoms with van der Waals surface area (Å²) in [6.07, 6.45) is 1.61. The highest BCUT2D eigenvalue weighted by molar-refractivity contribution is 9.10. The molecule has 6 nitrogen and oxygen atoms in total. The van der Waals surface area contributed by atoms with Gasteiger partial charge in [-0.25, -0.2) is 4.79 Å². The van der Waals surface area contributed by atoms with Gasteiger partial charge in [-0.05, 0) is 66.5 Å². The van der Waals surface area contributed by atoms with Gasteiger partial charge in [0.15, 0.2) is 5.78 Å². The predicted octanol–water partition coefficient (Wildman–Crippen LogP) is 4.22. The van der Waals surface area contributed by atoms with Crippen LogP contribution in [0.4, 0.5) is 0 Å². The number of aryl methyl sites for hydroxylation is 1. The highest BCUT2D eigenvalue weighted by Crippen LogP contribution is 2.22. The number of aromatic carboxylic acids is 1. The van der Waals surface area contributed by atoms with Gasteiger partial charge in [0, 0.05) is 40.2 Å². The van der Waals surface area contributed by atoms with Crippen molar-refractivity contribution in [1.29, 1.82) is 0 Å². The summed E-state index contributed by atoms with van der Waals surface area (Å²) >= 11 is 3.34. The molecule has 150 valence electrons. The third-order valence-electron chi connectivity index (χ3n) is 5.05. The van der Waals surface area contributed by atoms with E-state index in [9.17, 15) is 19.5 Å². The fourth-order valence-corrected chi connectivity index (χ4v) is 3.76. The van der Waals surface area contributed by atoms with Crippen molar-refractivity contribution in [2.75, 3.05) is 0 Å². The third kappa shape index (κ3) is 4.24. The van der Waals surface area contributed by atoms with Gasteiger partial charge in [0.05, 0.1) is 11.6 Å². The lowest BCUT2D eigenvalue weighted by Crippen LogP contribution is -2.27. The molecule has 0 aliphatic heterocycles. The van der Waals surface area contributed by atoms with Crippen molar-refractivity contribution >= 4 is 27.7 Å². The number of carbonyl (C=O) groups is 2. The molecule has 1 aromatic carbocycles. The van der Waals surface area contributed by atoms with Gasteiger partial charge >= 0.3 is 5.97 Å². The molecule has 0 amide bonds. The lowest BCUT2D eigenvalue weighted by atomic mass is 10.1. The van der Waals surface area contributed by atoms with E-state index in [0.717, 1.165) is 21.4 Å². The molecule has 7 heteroatoms. The second-order valence-electron chi connectivity index (χ2n) is 7.01. The van der Waals surface area contributed by atoms with Gasteiger partial charge in [0.25, 0.3) is 5.56 Å². The molecule has 0 bridgehead atoms. The summed E-state index contributed by atoms with van der Waals surface area (Å²) in [5, 5.41) is 9.19. The lowest BCUT2D eigenvalue weighted by molar-refractivity contribution is 0.0696. The number of Topliss-reactive ketones (excluding diaryl/α,β-unsaturated/α-hetero) is 1. The summed E-state index contributed by atoms with van der Waals surface area (Å²) in [6, 6.07) is 11.0. The maximum Gasteiger partial charge on any atom is 0.335 e. The summed E-state index contributed by atoms with van der Waals surface area (Å²) in [7, 11) is 0. The molecule has 1 N–H and O–H groups in total. The molecule has 0 fully saturated rings. The summed E-state index contributed by atoms with van der Waals surface area (Å²) < 4.78 is 4.11. The van der Waals surface area contributed by atoms with E-state index in [1.165, 1.54) is 10.6 Å². The zero-order chi connectivity index (χ0) is 21.3. The van der Waals surface area contributed by atoms with Crippen LogP contribution < -0.4 is 5.56 Å². The quantitative estimate of drug-likeness (QED) is 0.562. The number of pyridine rings is 1. The number of carboxylic acids is 1. The minimum Gasteiger partial charge on any atom is -0.478 e. The number of carbonyl (C=O) groups excluding carboxylic acids is 1. The van der Waals surface area contributed by atoms with E-state index in [1.807, 2.05) is 30.5 Å². The Balaban J connectivity index is 1.94. The molecule has 1 unspecified atom stereocenters. The van der Waals surface area contributed by atoms with Crippen LogP contribution in [0, 0.1) is 13.8 Å². The number of aromatic nitrogens is 2. The molecular weight excluding hydrogens is 436 g/mol. The number of nitrogens with zero attached hydrogens (tertiary/aromatic N) is 2. The van der Waals surface area contributed by atoms with Crippen molar-refractivity contribution in [2.24, 2.45) is 0 Å². The molecule has 3 rings (SSSR count). The van der Waals surface area contributed by atoms with E-state index in [4.69, 9.17) is 0 Å². The highest BCUT2D eigenvalue weighted by Gasteiger charge is 2.23. The van der Waals surface area contributed by atoms with Gasteiger partial charge in [-0.2, -0.15) is 0 Å². The lowest BCUT2D eigenvalue weighted by Gasteiger charge is -2.15. The zero-order valence-corrected chi connectivity index (χ0v) is 17.9. The summed E-state index contributed by atoms with van der Waals surface area (Å²) in [4.78, 5) is 36.5. The van der Waals surface area contributed by atoms with Gasteiger partial charge in [0.2, 0.25) is 0 Å². The van der Waals surface area contributed by atoms with Gasteiger partial charge in [-0.15, -0.1) is 0 Å². The first-order valence-corrected chi connectivity index (χ1v) is 9.89. The fourth-order valence-electron chi connectivity index (χ4n) is 3.41. The Morgan fingerprint density at radius 1 is 1.14 bits per heavy atom. The highest BCUT2D eigenvalue weighted by atomic mass is 79.9. The molecule has 0 spiro atoms. The second-order valence-corrected chi connectivity index (χ2v) is 7.93. The first kappa shape index (κ1) is 20.8. The van der Waals surface area contributed by atoms with Crippen LogP contribution in [0.5, 0.6) is 0 Å².